The van der Waals surface area contributed by atoms with Gasteiger partial charge in [-0.2, -0.15) is 0 Å². The zero-order chi connectivity index (χ0) is 19.6. The lowest BCUT2D eigenvalue weighted by Crippen LogP contribution is -2.07. The normalized spacial score (nSPS) is 10.6. The number of carbonyl (C=O) groups is 1. The number of nitro benzene ring substituents is 1. The summed E-state index contributed by atoms with van der Waals surface area (Å²) in [5.74, 6) is 0.123. The molecule has 0 bridgehead atoms. The average Bonchev–Trinajstić information content (AvgIpc) is 2.59. The van der Waals surface area contributed by atoms with E-state index in [-0.39, 0.29) is 18.2 Å². The number of hydrogen-bond donors (Lipinski definition) is 1. The molecule has 138 valence electrons. The van der Waals surface area contributed by atoms with E-state index in [0.29, 0.717) is 33.5 Å². The zero-order valence-corrected chi connectivity index (χ0v) is 14.6. The van der Waals surface area contributed by atoms with Crippen molar-refractivity contribution in [2.24, 2.45) is 0 Å². The van der Waals surface area contributed by atoms with E-state index in [1.807, 2.05) is 0 Å². The average molecular weight is 368 g/mol. The number of nitro groups is 1. The van der Waals surface area contributed by atoms with Crippen LogP contribution >= 0.6 is 0 Å². The van der Waals surface area contributed by atoms with E-state index in [4.69, 9.17) is 9.15 Å². The van der Waals surface area contributed by atoms with Crippen molar-refractivity contribution in [2.45, 2.75) is 20.5 Å². The second-order valence-electron chi connectivity index (χ2n) is 5.93. The Kier molecular flexibility index (Phi) is 4.89. The number of fused-ring (bicyclic) bond motifs is 1. The molecule has 2 aromatic carbocycles. The Morgan fingerprint density at radius 3 is 2.74 bits per heavy atom. The first kappa shape index (κ1) is 18.1. The molecule has 0 saturated carbocycles. The predicted octanol–water partition coefficient (Wildman–Crippen LogP) is 3.55. The van der Waals surface area contributed by atoms with Gasteiger partial charge in [-0.1, -0.05) is 6.07 Å². The van der Waals surface area contributed by atoms with E-state index in [9.17, 15) is 19.7 Å². The van der Waals surface area contributed by atoms with E-state index < -0.39 is 10.5 Å². The largest absolute Gasteiger partial charge is 0.488 e. The van der Waals surface area contributed by atoms with Crippen LogP contribution in [0.4, 0.5) is 11.4 Å². The lowest BCUT2D eigenvalue weighted by Gasteiger charge is -2.11. The molecule has 0 spiro atoms. The number of nitrogens with one attached hydrogen (secondary N) is 1. The highest BCUT2D eigenvalue weighted by Crippen LogP contribution is 2.28. The van der Waals surface area contributed by atoms with Crippen molar-refractivity contribution in [1.82, 2.24) is 0 Å². The maximum atomic E-state index is 11.9. The van der Waals surface area contributed by atoms with Gasteiger partial charge in [0.2, 0.25) is 5.91 Å². The molecule has 0 atom stereocenters. The second kappa shape index (κ2) is 7.28. The molecule has 1 heterocycles. The standard InChI is InChI=1S/C19H16N2O6/c1-11-16(21(24)25)4-3-5-17(11)26-10-13-8-19(23)27-18-9-14(20-12(2)22)6-7-15(13)18/h3-9H,10H2,1-2H3,(H,20,22). The Bertz CT molecular complexity index is 1100. The van der Waals surface area contributed by atoms with Crippen molar-refractivity contribution in [2.75, 3.05) is 5.32 Å². The summed E-state index contributed by atoms with van der Waals surface area (Å²) in [6, 6.07) is 10.8. The van der Waals surface area contributed by atoms with Crippen LogP contribution < -0.4 is 15.7 Å². The lowest BCUT2D eigenvalue weighted by atomic mass is 10.1. The molecule has 1 amide bonds. The molecule has 3 rings (SSSR count). The predicted molar refractivity (Wildman–Crippen MR) is 99.0 cm³/mol. The van der Waals surface area contributed by atoms with E-state index in [1.54, 1.807) is 31.2 Å². The van der Waals surface area contributed by atoms with Crippen LogP contribution in [-0.2, 0) is 11.4 Å². The van der Waals surface area contributed by atoms with Crippen LogP contribution in [0.3, 0.4) is 0 Å². The van der Waals surface area contributed by atoms with Crippen molar-refractivity contribution in [3.63, 3.8) is 0 Å². The zero-order valence-electron chi connectivity index (χ0n) is 14.6. The first-order chi connectivity index (χ1) is 12.8. The SMILES string of the molecule is CC(=O)Nc1ccc2c(COc3cccc([N+](=O)[O-])c3C)cc(=O)oc2c1. The molecular formula is C19H16N2O6. The van der Waals surface area contributed by atoms with Gasteiger partial charge in [-0.05, 0) is 25.1 Å². The first-order valence-corrected chi connectivity index (χ1v) is 8.06. The van der Waals surface area contributed by atoms with Crippen LogP contribution in [-0.4, -0.2) is 10.8 Å². The van der Waals surface area contributed by atoms with Crippen molar-refractivity contribution < 1.29 is 18.9 Å². The minimum Gasteiger partial charge on any atom is -0.488 e. The van der Waals surface area contributed by atoms with Gasteiger partial charge in [0, 0.05) is 41.8 Å². The molecule has 8 nitrogen and oxygen atoms in total. The molecule has 0 radical (unpaired) electrons. The highest BCUT2D eigenvalue weighted by molar-refractivity contribution is 5.92. The van der Waals surface area contributed by atoms with Crippen molar-refractivity contribution >= 4 is 28.3 Å². The Balaban J connectivity index is 1.93. The highest BCUT2D eigenvalue weighted by atomic mass is 16.6. The molecular weight excluding hydrogens is 352 g/mol. The number of rotatable bonds is 5. The number of carbonyl (C=O) groups excluding carboxylic acids is 1. The third-order valence-electron chi connectivity index (χ3n) is 3.99. The van der Waals surface area contributed by atoms with E-state index in [0.717, 1.165) is 0 Å². The van der Waals surface area contributed by atoms with Gasteiger partial charge in [0.05, 0.1) is 10.5 Å². The molecule has 0 fully saturated rings. The van der Waals surface area contributed by atoms with Gasteiger partial charge in [0.1, 0.15) is 17.9 Å². The summed E-state index contributed by atoms with van der Waals surface area (Å²) >= 11 is 0. The Hall–Kier alpha value is -3.68. The number of amides is 1. The number of ether oxygens (including phenoxy) is 1. The van der Waals surface area contributed by atoms with E-state index in [2.05, 4.69) is 5.32 Å². The van der Waals surface area contributed by atoms with Gasteiger partial charge in [0.25, 0.3) is 5.69 Å². The van der Waals surface area contributed by atoms with Crippen LogP contribution in [0.1, 0.15) is 18.1 Å². The fourth-order valence-electron chi connectivity index (χ4n) is 2.74. The summed E-state index contributed by atoms with van der Waals surface area (Å²) < 4.78 is 10.9. The summed E-state index contributed by atoms with van der Waals surface area (Å²) in [6.45, 7) is 3.01. The van der Waals surface area contributed by atoms with E-state index >= 15 is 0 Å². The fraction of sp³-hybridized carbons (Fsp3) is 0.158. The molecule has 0 aliphatic carbocycles. The summed E-state index contributed by atoms with van der Waals surface area (Å²) in [5.41, 5.74) is 1.19. The van der Waals surface area contributed by atoms with Gasteiger partial charge in [0.15, 0.2) is 0 Å². The third-order valence-corrected chi connectivity index (χ3v) is 3.99. The van der Waals surface area contributed by atoms with Crippen LogP contribution in [0.2, 0.25) is 0 Å². The topological polar surface area (TPSA) is 112 Å². The summed E-state index contributed by atoms with van der Waals surface area (Å²) in [4.78, 5) is 33.6. The molecule has 0 unspecified atom stereocenters. The van der Waals surface area contributed by atoms with E-state index in [1.165, 1.54) is 25.1 Å². The molecule has 0 aliphatic rings. The molecule has 0 aliphatic heterocycles. The summed E-state index contributed by atoms with van der Waals surface area (Å²) in [5, 5.41) is 14.3. The fourth-order valence-corrected chi connectivity index (χ4v) is 2.74. The minimum atomic E-state index is -0.558. The molecule has 1 aromatic heterocycles. The Labute approximate surface area is 153 Å². The molecule has 27 heavy (non-hydrogen) atoms. The number of hydrogen-bond acceptors (Lipinski definition) is 6. The lowest BCUT2D eigenvalue weighted by molar-refractivity contribution is -0.385. The maximum Gasteiger partial charge on any atom is 0.336 e. The summed E-state index contributed by atoms with van der Waals surface area (Å²) in [7, 11) is 0. The minimum absolute atomic E-state index is 0.0313. The summed E-state index contributed by atoms with van der Waals surface area (Å²) in [6.07, 6.45) is 0. The van der Waals surface area contributed by atoms with Crippen LogP contribution in [0.5, 0.6) is 5.75 Å². The van der Waals surface area contributed by atoms with Crippen LogP contribution in [0.25, 0.3) is 11.0 Å². The number of anilines is 1. The molecule has 3 aromatic rings. The van der Waals surface area contributed by atoms with Crippen molar-refractivity contribution in [3.05, 3.63) is 74.1 Å². The van der Waals surface area contributed by atoms with Gasteiger partial charge in [-0.25, -0.2) is 4.79 Å². The quantitative estimate of drug-likeness (QED) is 0.419. The van der Waals surface area contributed by atoms with Gasteiger partial charge in [-0.3, -0.25) is 14.9 Å². The van der Waals surface area contributed by atoms with Gasteiger partial charge >= 0.3 is 5.63 Å². The van der Waals surface area contributed by atoms with Gasteiger partial charge < -0.3 is 14.5 Å². The van der Waals surface area contributed by atoms with Crippen LogP contribution in [0.15, 0.2) is 51.7 Å². The number of nitrogens with zero attached hydrogens (tertiary/aromatic N) is 1. The Morgan fingerprint density at radius 1 is 1.26 bits per heavy atom. The maximum absolute atomic E-state index is 11.9. The smallest absolute Gasteiger partial charge is 0.336 e. The highest BCUT2D eigenvalue weighted by Gasteiger charge is 2.15. The number of benzene rings is 2. The molecule has 1 N–H and O–H groups in total. The van der Waals surface area contributed by atoms with Gasteiger partial charge in [-0.15, -0.1) is 0 Å². The van der Waals surface area contributed by atoms with Crippen molar-refractivity contribution in [3.8, 4) is 5.75 Å². The molecule has 0 saturated heterocycles. The first-order valence-electron chi connectivity index (χ1n) is 8.06. The third kappa shape index (κ3) is 3.95. The van der Waals surface area contributed by atoms with Crippen molar-refractivity contribution in [1.29, 1.82) is 0 Å². The monoisotopic (exact) mass is 368 g/mol. The Morgan fingerprint density at radius 2 is 2.04 bits per heavy atom. The second-order valence-corrected chi connectivity index (χ2v) is 5.93. The molecule has 8 heteroatoms. The van der Waals surface area contributed by atoms with Crippen LogP contribution in [0, 0.1) is 17.0 Å².